The minimum atomic E-state index is -0.472. The Bertz CT molecular complexity index is 682. The average Bonchev–Trinajstić information content (AvgIpc) is 2.62. The minimum Gasteiger partial charge on any atom is -0.497 e. The number of nitrogens with zero attached hydrogens (tertiary/aromatic N) is 2. The molecule has 0 bridgehead atoms. The van der Waals surface area contributed by atoms with E-state index in [0.717, 1.165) is 24.6 Å². The Morgan fingerprint density at radius 2 is 1.36 bits per heavy atom. The molecule has 1 aliphatic heterocycles. The van der Waals surface area contributed by atoms with Crippen LogP contribution in [0.2, 0.25) is 0 Å². The van der Waals surface area contributed by atoms with Crippen LogP contribution in [0.5, 0.6) is 11.5 Å². The molecule has 1 N–H and O–H groups in total. The van der Waals surface area contributed by atoms with Gasteiger partial charge < -0.3 is 9.47 Å². The Hall–Kier alpha value is -2.55. The third kappa shape index (κ3) is 3.76. The third-order valence-electron chi connectivity index (χ3n) is 4.68. The van der Waals surface area contributed by atoms with Crippen molar-refractivity contribution in [2.24, 2.45) is 0 Å². The van der Waals surface area contributed by atoms with Gasteiger partial charge in [0.15, 0.2) is 0 Å². The Morgan fingerprint density at radius 3 is 1.64 bits per heavy atom. The molecule has 0 aliphatic carbocycles. The second-order valence-electron chi connectivity index (χ2n) is 6.25. The van der Waals surface area contributed by atoms with Crippen LogP contribution >= 0.6 is 0 Å². The summed E-state index contributed by atoms with van der Waals surface area (Å²) in [6.07, 6.45) is 0. The summed E-state index contributed by atoms with van der Waals surface area (Å²) in [7, 11) is 3.33. The first-order valence-corrected chi connectivity index (χ1v) is 8.29. The predicted octanol–water partition coefficient (Wildman–Crippen LogP) is 2.92. The number of methoxy groups -OCH3 is 2. The highest BCUT2D eigenvalue weighted by Crippen LogP contribution is 2.28. The van der Waals surface area contributed by atoms with Crippen LogP contribution in [0.1, 0.15) is 11.1 Å². The summed E-state index contributed by atoms with van der Waals surface area (Å²) < 4.78 is 10.5. The zero-order valence-corrected chi connectivity index (χ0v) is 14.7. The van der Waals surface area contributed by atoms with E-state index >= 15 is 0 Å². The Morgan fingerprint density at radius 1 is 0.920 bits per heavy atom. The summed E-state index contributed by atoms with van der Waals surface area (Å²) in [5.74, 6) is 1.69. The van der Waals surface area contributed by atoms with Crippen molar-refractivity contribution in [2.75, 3.05) is 27.3 Å². The maximum absolute atomic E-state index is 7.70. The topological polar surface area (TPSA) is 38.1 Å². The lowest BCUT2D eigenvalue weighted by Crippen LogP contribution is -2.66. The normalized spacial score (nSPS) is 15.3. The summed E-state index contributed by atoms with van der Waals surface area (Å²) in [5, 5.41) is 3.25. The molecule has 0 saturated carbocycles. The minimum absolute atomic E-state index is 0.472. The molecule has 130 valence electrons. The van der Waals surface area contributed by atoms with Gasteiger partial charge in [-0.05, 0) is 35.4 Å². The monoisotopic (exact) mass is 337 g/mol. The molecular weight excluding hydrogens is 314 g/mol. The Labute approximate surface area is 149 Å². The molecule has 0 spiro atoms. The zero-order chi connectivity index (χ0) is 17.7. The Kier molecular flexibility index (Phi) is 5.22. The van der Waals surface area contributed by atoms with E-state index in [-0.39, 0.29) is 0 Å². The van der Waals surface area contributed by atoms with E-state index in [1.54, 1.807) is 14.2 Å². The molecule has 2 aromatic carbocycles. The molecule has 0 aromatic heterocycles. The van der Waals surface area contributed by atoms with Crippen molar-refractivity contribution in [1.29, 1.82) is 0 Å². The smallest absolute Gasteiger partial charge is 0.313 e. The fourth-order valence-corrected chi connectivity index (χ4v) is 2.97. The lowest BCUT2D eigenvalue weighted by atomic mass is 9.99. The van der Waals surface area contributed by atoms with Crippen LogP contribution in [0, 0.1) is 6.57 Å². The van der Waals surface area contributed by atoms with Crippen molar-refractivity contribution in [2.45, 2.75) is 18.8 Å². The van der Waals surface area contributed by atoms with Gasteiger partial charge in [-0.2, -0.15) is 0 Å². The van der Waals surface area contributed by atoms with Crippen LogP contribution in [0.15, 0.2) is 48.5 Å². The molecule has 5 nitrogen and oxygen atoms in total. The molecule has 3 rings (SSSR count). The van der Waals surface area contributed by atoms with E-state index in [1.165, 1.54) is 11.1 Å². The van der Waals surface area contributed by atoms with Crippen molar-refractivity contribution < 1.29 is 9.47 Å². The van der Waals surface area contributed by atoms with E-state index < -0.39 is 5.66 Å². The second-order valence-corrected chi connectivity index (χ2v) is 6.25. The molecule has 5 heteroatoms. The summed E-state index contributed by atoms with van der Waals surface area (Å²) in [6, 6.07) is 16.1. The summed E-state index contributed by atoms with van der Waals surface area (Å²) >= 11 is 0. The maximum Gasteiger partial charge on any atom is 0.313 e. The van der Waals surface area contributed by atoms with Gasteiger partial charge in [-0.25, -0.2) is 11.5 Å². The first kappa shape index (κ1) is 17.3. The molecular formula is C20H23N3O2. The first-order chi connectivity index (χ1) is 12.2. The maximum atomic E-state index is 7.70. The highest BCUT2D eigenvalue weighted by Gasteiger charge is 2.49. The number of nitrogens with one attached hydrogen (secondary N) is 1. The first-order valence-electron chi connectivity index (χ1n) is 8.29. The van der Waals surface area contributed by atoms with E-state index in [9.17, 15) is 0 Å². The van der Waals surface area contributed by atoms with Gasteiger partial charge in [0, 0.05) is 13.1 Å². The third-order valence-corrected chi connectivity index (χ3v) is 4.68. The second kappa shape index (κ2) is 7.56. The number of ether oxygens (including phenoxy) is 2. The van der Waals surface area contributed by atoms with Crippen molar-refractivity contribution >= 4 is 0 Å². The van der Waals surface area contributed by atoms with Gasteiger partial charge in [-0.15, -0.1) is 0 Å². The van der Waals surface area contributed by atoms with Gasteiger partial charge in [0.05, 0.1) is 27.3 Å². The molecule has 25 heavy (non-hydrogen) atoms. The van der Waals surface area contributed by atoms with E-state index in [1.807, 2.05) is 24.3 Å². The largest absolute Gasteiger partial charge is 0.497 e. The van der Waals surface area contributed by atoms with Crippen LogP contribution in [0.25, 0.3) is 4.85 Å². The fourth-order valence-electron chi connectivity index (χ4n) is 2.97. The van der Waals surface area contributed by atoms with Gasteiger partial charge in [0.25, 0.3) is 0 Å². The lowest BCUT2D eigenvalue weighted by molar-refractivity contribution is 0.0614. The number of hydrogen-bond donors (Lipinski definition) is 1. The van der Waals surface area contributed by atoms with Crippen LogP contribution in [0.4, 0.5) is 0 Å². The van der Waals surface area contributed by atoms with Crippen molar-refractivity contribution in [1.82, 2.24) is 10.2 Å². The van der Waals surface area contributed by atoms with Crippen LogP contribution in [0.3, 0.4) is 0 Å². The van der Waals surface area contributed by atoms with Crippen molar-refractivity contribution in [3.05, 3.63) is 71.1 Å². The molecule has 1 fully saturated rings. The standard InChI is InChI=1S/C20H23N3O2/c1-21-20(14-22-15-20)23(12-16-4-8-18(24-2)9-5-16)13-17-6-10-19(25-3)11-7-17/h4-11,22H,12-15H2,2-3H3. The Balaban J connectivity index is 1.80. The van der Waals surface area contributed by atoms with Gasteiger partial charge in [-0.3, -0.25) is 10.2 Å². The summed E-state index contributed by atoms with van der Waals surface area (Å²) in [4.78, 5) is 6.20. The van der Waals surface area contributed by atoms with E-state index in [2.05, 4.69) is 39.3 Å². The molecule has 0 radical (unpaired) electrons. The predicted molar refractivity (Wildman–Crippen MR) is 97.4 cm³/mol. The van der Waals surface area contributed by atoms with Crippen molar-refractivity contribution in [3.63, 3.8) is 0 Å². The molecule has 1 heterocycles. The average molecular weight is 337 g/mol. The molecule has 1 aliphatic rings. The van der Waals surface area contributed by atoms with Gasteiger partial charge >= 0.3 is 5.66 Å². The zero-order valence-electron chi connectivity index (χ0n) is 14.7. The molecule has 1 saturated heterocycles. The van der Waals surface area contributed by atoms with Crippen molar-refractivity contribution in [3.8, 4) is 11.5 Å². The molecule has 0 atom stereocenters. The van der Waals surface area contributed by atoms with Crippen LogP contribution in [-0.4, -0.2) is 37.9 Å². The lowest BCUT2D eigenvalue weighted by Gasteiger charge is -2.40. The number of benzene rings is 2. The van der Waals surface area contributed by atoms with E-state index in [4.69, 9.17) is 16.0 Å². The van der Waals surface area contributed by atoms with Gasteiger partial charge in [-0.1, -0.05) is 24.3 Å². The van der Waals surface area contributed by atoms with Crippen LogP contribution in [-0.2, 0) is 13.1 Å². The van der Waals surface area contributed by atoms with Gasteiger partial charge in [0.1, 0.15) is 11.5 Å². The number of hydrogen-bond acceptors (Lipinski definition) is 4. The number of rotatable bonds is 7. The van der Waals surface area contributed by atoms with Gasteiger partial charge in [0.2, 0.25) is 0 Å². The highest BCUT2D eigenvalue weighted by molar-refractivity contribution is 5.29. The quantitative estimate of drug-likeness (QED) is 0.789. The fraction of sp³-hybridized carbons (Fsp3) is 0.350. The van der Waals surface area contributed by atoms with E-state index in [0.29, 0.717) is 13.1 Å². The molecule has 2 aromatic rings. The molecule has 0 amide bonds. The molecule has 0 unspecified atom stereocenters. The summed E-state index contributed by atoms with van der Waals surface area (Å²) in [6.45, 7) is 10.5. The summed E-state index contributed by atoms with van der Waals surface area (Å²) in [5.41, 5.74) is 1.87. The van der Waals surface area contributed by atoms with Crippen LogP contribution < -0.4 is 14.8 Å². The SMILES string of the molecule is [C-]#[N+]C1(N(Cc2ccc(OC)cc2)Cc2ccc(OC)cc2)CNC1. The highest BCUT2D eigenvalue weighted by atomic mass is 16.5.